The molecular weight excluding hydrogens is 356 g/mol. The van der Waals surface area contributed by atoms with Crippen molar-refractivity contribution in [2.75, 3.05) is 44.3 Å². The third-order valence-corrected chi connectivity index (χ3v) is 6.60. The van der Waals surface area contributed by atoms with E-state index < -0.39 is 0 Å². The van der Waals surface area contributed by atoms with Gasteiger partial charge in [-0.3, -0.25) is 4.79 Å². The molecule has 4 nitrogen and oxygen atoms in total. The van der Waals surface area contributed by atoms with Crippen molar-refractivity contribution in [3.05, 3.63) is 52.2 Å². The van der Waals surface area contributed by atoms with E-state index in [-0.39, 0.29) is 5.91 Å². The van der Waals surface area contributed by atoms with Gasteiger partial charge in [-0.1, -0.05) is 18.2 Å². The molecule has 2 fully saturated rings. The Morgan fingerprint density at radius 3 is 2.44 bits per heavy atom. The molecule has 1 aromatic carbocycles. The molecule has 2 aromatic rings. The van der Waals surface area contributed by atoms with Crippen LogP contribution >= 0.6 is 11.3 Å². The Balaban J connectivity index is 1.25. The van der Waals surface area contributed by atoms with Gasteiger partial charge in [0, 0.05) is 36.7 Å². The number of piperidine rings is 1. The molecule has 144 valence electrons. The molecule has 0 saturated carbocycles. The van der Waals surface area contributed by atoms with Crippen molar-refractivity contribution in [2.45, 2.75) is 25.7 Å². The molecule has 0 unspecified atom stereocenters. The van der Waals surface area contributed by atoms with E-state index in [1.807, 2.05) is 11.3 Å². The Morgan fingerprint density at radius 1 is 1.04 bits per heavy atom. The highest BCUT2D eigenvalue weighted by Gasteiger charge is 2.23. The van der Waals surface area contributed by atoms with Crippen LogP contribution in [0.15, 0.2) is 41.8 Å². The molecule has 2 aliphatic heterocycles. The monoisotopic (exact) mass is 384 g/mol. The Morgan fingerprint density at radius 2 is 1.78 bits per heavy atom. The number of anilines is 1. The third kappa shape index (κ3) is 4.90. The quantitative estimate of drug-likeness (QED) is 0.789. The molecule has 3 heterocycles. The highest BCUT2D eigenvalue weighted by Crippen LogP contribution is 2.24. The van der Waals surface area contributed by atoms with Gasteiger partial charge in [0.1, 0.15) is 0 Å². The summed E-state index contributed by atoms with van der Waals surface area (Å²) in [5.74, 6) is 0.990. The number of benzene rings is 1. The number of likely N-dealkylation sites (tertiary alicyclic amines) is 1. The fourth-order valence-corrected chi connectivity index (χ4v) is 4.85. The Hall–Kier alpha value is -1.85. The maximum absolute atomic E-state index is 12.7. The van der Waals surface area contributed by atoms with Crippen molar-refractivity contribution >= 4 is 22.9 Å². The summed E-state index contributed by atoms with van der Waals surface area (Å²) in [5.41, 5.74) is 2.33. The predicted octanol–water partition coefficient (Wildman–Crippen LogP) is 3.61. The summed E-state index contributed by atoms with van der Waals surface area (Å²) >= 11 is 1.85. The average Bonchev–Trinajstić information content (AvgIpc) is 3.23. The number of carbonyl (C=O) groups is 1. The van der Waals surface area contributed by atoms with Crippen molar-refractivity contribution in [3.63, 3.8) is 0 Å². The number of amides is 1. The minimum atomic E-state index is 0.267. The van der Waals surface area contributed by atoms with E-state index in [1.54, 1.807) is 0 Å². The van der Waals surface area contributed by atoms with Gasteiger partial charge >= 0.3 is 0 Å². The number of hydrogen-bond acceptors (Lipinski definition) is 4. The fraction of sp³-hybridized carbons (Fsp3) is 0.500. The summed E-state index contributed by atoms with van der Waals surface area (Å²) in [4.78, 5) is 18.5. The molecule has 0 N–H and O–H groups in total. The lowest BCUT2D eigenvalue weighted by atomic mass is 9.92. The zero-order chi connectivity index (χ0) is 18.5. The van der Waals surface area contributed by atoms with Crippen LogP contribution in [-0.2, 0) is 22.4 Å². The molecule has 27 heavy (non-hydrogen) atoms. The SMILES string of the molecule is O=C(Cc1ccc(N2CCOCC2)cc1)N1CCC(Cc2cccs2)CC1. The molecule has 0 aliphatic carbocycles. The Kier molecular flexibility index (Phi) is 6.10. The van der Waals surface area contributed by atoms with Gasteiger partial charge in [0.2, 0.25) is 5.91 Å². The number of rotatable bonds is 5. The lowest BCUT2D eigenvalue weighted by Crippen LogP contribution is -2.39. The van der Waals surface area contributed by atoms with Crippen molar-refractivity contribution in [3.8, 4) is 0 Å². The van der Waals surface area contributed by atoms with Crippen molar-refractivity contribution in [1.82, 2.24) is 4.90 Å². The van der Waals surface area contributed by atoms with Crippen molar-refractivity contribution < 1.29 is 9.53 Å². The van der Waals surface area contributed by atoms with Crippen LogP contribution in [0.1, 0.15) is 23.3 Å². The summed E-state index contributed by atoms with van der Waals surface area (Å²) in [6.07, 6.45) is 3.93. The van der Waals surface area contributed by atoms with Crippen LogP contribution in [0.25, 0.3) is 0 Å². The first-order valence-electron chi connectivity index (χ1n) is 10.00. The molecule has 0 spiro atoms. The molecule has 1 aromatic heterocycles. The first-order chi connectivity index (χ1) is 13.3. The average molecular weight is 385 g/mol. The summed E-state index contributed by atoms with van der Waals surface area (Å²) < 4.78 is 5.41. The lowest BCUT2D eigenvalue weighted by molar-refractivity contribution is -0.131. The summed E-state index contributed by atoms with van der Waals surface area (Å²) in [6.45, 7) is 5.28. The number of hydrogen-bond donors (Lipinski definition) is 0. The first kappa shape index (κ1) is 18.5. The molecule has 0 bridgehead atoms. The molecule has 4 rings (SSSR count). The number of thiophene rings is 1. The summed E-state index contributed by atoms with van der Waals surface area (Å²) in [5, 5.41) is 2.15. The van der Waals surface area contributed by atoms with Crippen LogP contribution in [0.5, 0.6) is 0 Å². The van der Waals surface area contributed by atoms with E-state index in [1.165, 1.54) is 17.0 Å². The van der Waals surface area contributed by atoms with Crippen LogP contribution in [0.2, 0.25) is 0 Å². The number of carbonyl (C=O) groups excluding carboxylic acids is 1. The molecule has 1 amide bonds. The smallest absolute Gasteiger partial charge is 0.226 e. The minimum Gasteiger partial charge on any atom is -0.378 e. The second kappa shape index (κ2) is 8.89. The van der Waals surface area contributed by atoms with Gasteiger partial charge in [-0.05, 0) is 54.3 Å². The number of ether oxygens (including phenoxy) is 1. The molecule has 0 radical (unpaired) electrons. The fourth-order valence-electron chi connectivity index (χ4n) is 4.03. The van der Waals surface area contributed by atoms with Gasteiger partial charge in [-0.15, -0.1) is 11.3 Å². The maximum atomic E-state index is 12.7. The van der Waals surface area contributed by atoms with Gasteiger partial charge in [-0.25, -0.2) is 0 Å². The number of nitrogens with zero attached hydrogens (tertiary/aromatic N) is 2. The van der Waals surface area contributed by atoms with E-state index in [0.29, 0.717) is 6.42 Å². The van der Waals surface area contributed by atoms with Crippen LogP contribution < -0.4 is 4.90 Å². The third-order valence-electron chi connectivity index (χ3n) is 5.71. The highest BCUT2D eigenvalue weighted by atomic mass is 32.1. The zero-order valence-electron chi connectivity index (χ0n) is 15.8. The highest BCUT2D eigenvalue weighted by molar-refractivity contribution is 7.09. The van der Waals surface area contributed by atoms with Gasteiger partial charge < -0.3 is 14.5 Å². The van der Waals surface area contributed by atoms with E-state index in [2.05, 4.69) is 51.6 Å². The minimum absolute atomic E-state index is 0.267. The van der Waals surface area contributed by atoms with Crippen molar-refractivity contribution in [1.29, 1.82) is 0 Å². The Bertz CT molecular complexity index is 715. The number of morpholine rings is 1. The van der Waals surface area contributed by atoms with Gasteiger partial charge in [-0.2, -0.15) is 0 Å². The van der Waals surface area contributed by atoms with Gasteiger partial charge in [0.05, 0.1) is 19.6 Å². The van der Waals surface area contributed by atoms with Crippen molar-refractivity contribution in [2.24, 2.45) is 5.92 Å². The molecular formula is C22H28N2O2S. The normalized spacial score (nSPS) is 18.7. The molecule has 2 saturated heterocycles. The van der Waals surface area contributed by atoms with Gasteiger partial charge in [0.15, 0.2) is 0 Å². The van der Waals surface area contributed by atoms with Crippen LogP contribution in [0.3, 0.4) is 0 Å². The standard InChI is InChI=1S/C22H28N2O2S/c25-22(24-9-7-19(8-10-24)16-21-2-1-15-27-21)17-18-3-5-20(6-4-18)23-11-13-26-14-12-23/h1-6,15,19H,7-14,16-17H2. The van der Waals surface area contributed by atoms with Crippen LogP contribution in [-0.4, -0.2) is 50.2 Å². The summed E-state index contributed by atoms with van der Waals surface area (Å²) in [7, 11) is 0. The Labute approximate surface area is 165 Å². The summed E-state index contributed by atoms with van der Waals surface area (Å²) in [6, 6.07) is 12.8. The second-order valence-corrected chi connectivity index (χ2v) is 8.58. The van der Waals surface area contributed by atoms with Crippen LogP contribution in [0.4, 0.5) is 5.69 Å². The van der Waals surface area contributed by atoms with Crippen LogP contribution in [0, 0.1) is 5.92 Å². The van der Waals surface area contributed by atoms with E-state index >= 15 is 0 Å². The first-order valence-corrected chi connectivity index (χ1v) is 10.9. The zero-order valence-corrected chi connectivity index (χ0v) is 16.6. The second-order valence-electron chi connectivity index (χ2n) is 7.55. The topological polar surface area (TPSA) is 32.8 Å². The van der Waals surface area contributed by atoms with E-state index in [0.717, 1.165) is 63.7 Å². The maximum Gasteiger partial charge on any atom is 0.226 e. The lowest BCUT2D eigenvalue weighted by Gasteiger charge is -2.32. The van der Waals surface area contributed by atoms with E-state index in [4.69, 9.17) is 4.74 Å². The molecule has 2 aliphatic rings. The molecule has 0 atom stereocenters. The predicted molar refractivity (Wildman–Crippen MR) is 111 cm³/mol. The van der Waals surface area contributed by atoms with E-state index in [9.17, 15) is 4.79 Å². The van der Waals surface area contributed by atoms with Gasteiger partial charge in [0.25, 0.3) is 0 Å². The largest absolute Gasteiger partial charge is 0.378 e. The molecule has 5 heteroatoms.